The molecule has 2 heterocycles. The molecular formula is C24H36FN7. The summed E-state index contributed by atoms with van der Waals surface area (Å²) in [4.78, 5) is 16.3. The molecular weight excluding hydrogens is 405 g/mol. The maximum atomic E-state index is 14.0. The molecule has 0 radical (unpaired) electrons. The first-order valence-corrected chi connectivity index (χ1v) is 12.1. The molecule has 1 aromatic heterocycles. The van der Waals surface area contributed by atoms with E-state index in [2.05, 4.69) is 42.7 Å². The average molecular weight is 442 g/mol. The van der Waals surface area contributed by atoms with Crippen LogP contribution < -0.4 is 16.0 Å². The Bertz CT molecular complexity index is 883. The molecule has 1 saturated heterocycles. The smallest absolute Gasteiger partial charge is 0.233 e. The van der Waals surface area contributed by atoms with E-state index in [1.807, 2.05) is 6.07 Å². The van der Waals surface area contributed by atoms with Gasteiger partial charge in [0, 0.05) is 24.3 Å². The number of benzene rings is 1. The van der Waals surface area contributed by atoms with Gasteiger partial charge in [0.15, 0.2) is 0 Å². The molecule has 0 bridgehead atoms. The fourth-order valence-corrected chi connectivity index (χ4v) is 4.73. The third kappa shape index (κ3) is 6.06. The van der Waals surface area contributed by atoms with E-state index in [1.54, 1.807) is 13.0 Å². The minimum Gasteiger partial charge on any atom is -0.352 e. The Hall–Kier alpha value is -2.48. The molecule has 0 amide bonds. The summed E-state index contributed by atoms with van der Waals surface area (Å²) in [7, 11) is 0. The Kier molecular flexibility index (Phi) is 7.73. The molecule has 8 heteroatoms. The highest BCUT2D eigenvalue weighted by Gasteiger charge is 2.23. The van der Waals surface area contributed by atoms with Crippen molar-refractivity contribution < 1.29 is 4.39 Å². The van der Waals surface area contributed by atoms with Crippen LogP contribution in [0.15, 0.2) is 18.2 Å². The number of anilines is 4. The van der Waals surface area contributed by atoms with Crippen LogP contribution in [0.1, 0.15) is 63.9 Å². The molecule has 2 fully saturated rings. The molecule has 32 heavy (non-hydrogen) atoms. The van der Waals surface area contributed by atoms with Gasteiger partial charge in [-0.15, -0.1) is 0 Å². The second-order valence-corrected chi connectivity index (χ2v) is 9.03. The lowest BCUT2D eigenvalue weighted by atomic mass is 10.1. The molecule has 0 spiro atoms. The largest absolute Gasteiger partial charge is 0.352 e. The van der Waals surface area contributed by atoms with Crippen LogP contribution in [0.3, 0.4) is 0 Å². The van der Waals surface area contributed by atoms with Crippen molar-refractivity contribution in [1.82, 2.24) is 19.9 Å². The number of hydrogen-bond acceptors (Lipinski definition) is 7. The maximum absolute atomic E-state index is 14.0. The van der Waals surface area contributed by atoms with E-state index in [4.69, 9.17) is 0 Å². The van der Waals surface area contributed by atoms with E-state index in [-0.39, 0.29) is 5.82 Å². The number of aromatic nitrogens is 3. The van der Waals surface area contributed by atoms with Crippen molar-refractivity contribution >= 4 is 23.5 Å². The van der Waals surface area contributed by atoms with Gasteiger partial charge in [-0.05, 0) is 63.4 Å². The molecule has 1 unspecified atom stereocenters. The summed E-state index contributed by atoms with van der Waals surface area (Å²) < 4.78 is 14.0. The third-order valence-corrected chi connectivity index (χ3v) is 6.65. The van der Waals surface area contributed by atoms with Gasteiger partial charge in [-0.2, -0.15) is 15.0 Å². The van der Waals surface area contributed by atoms with Crippen LogP contribution >= 0.6 is 0 Å². The summed E-state index contributed by atoms with van der Waals surface area (Å²) in [5, 5.41) is 10.1. The average Bonchev–Trinajstić information content (AvgIpc) is 3.09. The topological polar surface area (TPSA) is 78.0 Å². The monoisotopic (exact) mass is 441 g/mol. The van der Waals surface area contributed by atoms with Gasteiger partial charge in [0.1, 0.15) is 5.82 Å². The zero-order valence-corrected chi connectivity index (χ0v) is 19.3. The van der Waals surface area contributed by atoms with E-state index in [0.717, 1.165) is 32.5 Å². The molecule has 4 rings (SSSR count). The number of likely N-dealkylation sites (tertiary alicyclic amines) is 1. The highest BCUT2D eigenvalue weighted by molar-refractivity contribution is 5.56. The molecule has 1 saturated carbocycles. The van der Waals surface area contributed by atoms with Crippen LogP contribution in [-0.4, -0.2) is 51.6 Å². The minimum absolute atomic E-state index is 0.250. The van der Waals surface area contributed by atoms with Crippen LogP contribution in [0, 0.1) is 12.7 Å². The molecule has 1 aliphatic heterocycles. The zero-order chi connectivity index (χ0) is 22.3. The van der Waals surface area contributed by atoms with Gasteiger partial charge in [0.25, 0.3) is 0 Å². The summed E-state index contributed by atoms with van der Waals surface area (Å²) >= 11 is 0. The first-order chi connectivity index (χ1) is 15.6. The molecule has 2 aromatic rings. The van der Waals surface area contributed by atoms with Crippen molar-refractivity contribution in [3.8, 4) is 0 Å². The SMILES string of the molecule is CCN1CCCC1CNc1nc(Nc2ccc(C)c(F)c2)nc(NC2CCCCCC2)n1. The van der Waals surface area contributed by atoms with Crippen molar-refractivity contribution in [2.45, 2.75) is 77.3 Å². The molecule has 7 nitrogen and oxygen atoms in total. The number of halogens is 1. The summed E-state index contributed by atoms with van der Waals surface area (Å²) in [6.07, 6.45) is 9.74. The Labute approximate surface area is 190 Å². The minimum atomic E-state index is -0.250. The third-order valence-electron chi connectivity index (χ3n) is 6.65. The van der Waals surface area contributed by atoms with Gasteiger partial charge in [-0.3, -0.25) is 4.90 Å². The van der Waals surface area contributed by atoms with Gasteiger partial charge >= 0.3 is 0 Å². The quantitative estimate of drug-likeness (QED) is 0.492. The van der Waals surface area contributed by atoms with Crippen LogP contribution in [-0.2, 0) is 0 Å². The molecule has 3 N–H and O–H groups in total. The Balaban J connectivity index is 1.51. The van der Waals surface area contributed by atoms with Crippen LogP contribution in [0.4, 0.5) is 27.9 Å². The predicted octanol–water partition coefficient (Wildman–Crippen LogP) is 5.09. The van der Waals surface area contributed by atoms with Crippen molar-refractivity contribution in [2.24, 2.45) is 0 Å². The van der Waals surface area contributed by atoms with Crippen molar-refractivity contribution in [2.75, 3.05) is 35.6 Å². The lowest BCUT2D eigenvalue weighted by molar-refractivity contribution is 0.277. The van der Waals surface area contributed by atoms with Crippen molar-refractivity contribution in [3.63, 3.8) is 0 Å². The lowest BCUT2D eigenvalue weighted by Gasteiger charge is -2.23. The van der Waals surface area contributed by atoms with Crippen LogP contribution in [0.2, 0.25) is 0 Å². The number of rotatable bonds is 8. The van der Waals surface area contributed by atoms with E-state index < -0.39 is 0 Å². The number of nitrogens with zero attached hydrogens (tertiary/aromatic N) is 4. The second-order valence-electron chi connectivity index (χ2n) is 9.03. The zero-order valence-electron chi connectivity index (χ0n) is 19.3. The van der Waals surface area contributed by atoms with Gasteiger partial charge in [0.05, 0.1) is 0 Å². The summed E-state index contributed by atoms with van der Waals surface area (Å²) in [5.74, 6) is 1.29. The normalized spacial score (nSPS) is 20.2. The van der Waals surface area contributed by atoms with Crippen LogP contribution in [0.25, 0.3) is 0 Å². The van der Waals surface area contributed by atoms with E-state index >= 15 is 0 Å². The highest BCUT2D eigenvalue weighted by atomic mass is 19.1. The van der Waals surface area contributed by atoms with E-state index in [9.17, 15) is 4.39 Å². The maximum Gasteiger partial charge on any atom is 0.233 e. The summed E-state index contributed by atoms with van der Waals surface area (Å²) in [5.41, 5.74) is 1.24. The van der Waals surface area contributed by atoms with Gasteiger partial charge in [0.2, 0.25) is 17.8 Å². The highest BCUT2D eigenvalue weighted by Crippen LogP contribution is 2.23. The van der Waals surface area contributed by atoms with Gasteiger partial charge in [-0.1, -0.05) is 38.7 Å². The number of aryl methyl sites for hydroxylation is 1. The number of nitrogens with one attached hydrogen (secondary N) is 3. The van der Waals surface area contributed by atoms with E-state index in [0.29, 0.717) is 41.2 Å². The fourth-order valence-electron chi connectivity index (χ4n) is 4.73. The molecule has 174 valence electrons. The Morgan fingerprint density at radius 2 is 1.72 bits per heavy atom. The molecule has 1 aromatic carbocycles. The first kappa shape index (κ1) is 22.7. The van der Waals surface area contributed by atoms with Crippen molar-refractivity contribution in [3.05, 3.63) is 29.6 Å². The number of likely N-dealkylation sites (N-methyl/N-ethyl adjacent to an activating group) is 1. The van der Waals surface area contributed by atoms with Gasteiger partial charge in [-0.25, -0.2) is 4.39 Å². The Morgan fingerprint density at radius 1 is 0.969 bits per heavy atom. The van der Waals surface area contributed by atoms with Crippen molar-refractivity contribution in [1.29, 1.82) is 0 Å². The summed E-state index contributed by atoms with van der Waals surface area (Å²) in [6.45, 7) is 6.98. The first-order valence-electron chi connectivity index (χ1n) is 12.1. The lowest BCUT2D eigenvalue weighted by Crippen LogP contribution is -2.35. The molecule has 1 atom stereocenters. The van der Waals surface area contributed by atoms with Crippen LogP contribution in [0.5, 0.6) is 0 Å². The van der Waals surface area contributed by atoms with E-state index in [1.165, 1.54) is 44.6 Å². The Morgan fingerprint density at radius 3 is 2.47 bits per heavy atom. The molecule has 1 aliphatic carbocycles. The fraction of sp³-hybridized carbons (Fsp3) is 0.625. The summed E-state index contributed by atoms with van der Waals surface area (Å²) in [6, 6.07) is 5.94. The second kappa shape index (κ2) is 10.9. The predicted molar refractivity (Wildman–Crippen MR) is 128 cm³/mol. The number of hydrogen-bond donors (Lipinski definition) is 3. The molecule has 2 aliphatic rings. The van der Waals surface area contributed by atoms with Gasteiger partial charge < -0.3 is 16.0 Å². The standard InChI is InChI=1S/C24H36FN7/c1-3-32-14-8-11-20(32)16-26-22-29-23(27-18-9-6-4-5-7-10-18)31-24(30-22)28-19-13-12-17(2)21(25)15-19/h12-13,15,18,20H,3-11,14,16H2,1-2H3,(H3,26,27,28,29,30,31).